The Labute approximate surface area is 89.8 Å². The van der Waals surface area contributed by atoms with Crippen molar-refractivity contribution in [3.05, 3.63) is 35.1 Å². The van der Waals surface area contributed by atoms with Crippen molar-refractivity contribution >= 4 is 5.78 Å². The highest BCUT2D eigenvalue weighted by Gasteiger charge is 2.50. The van der Waals surface area contributed by atoms with Crippen LogP contribution in [0.3, 0.4) is 0 Å². The molecule has 17 heavy (non-hydrogen) atoms. The minimum Gasteiger partial charge on any atom is -0.287 e. The molecule has 1 rings (SSSR count). The minimum atomic E-state index is -5.16. The zero-order valence-electron chi connectivity index (χ0n) is 7.79. The van der Waals surface area contributed by atoms with E-state index in [0.29, 0.717) is 0 Å². The fourth-order valence-corrected chi connectivity index (χ4v) is 0.980. The summed E-state index contributed by atoms with van der Waals surface area (Å²) < 4.78 is 86.6. The highest BCUT2D eigenvalue weighted by atomic mass is 19.3. The van der Waals surface area contributed by atoms with Crippen molar-refractivity contribution in [1.29, 1.82) is 0 Å². The molecule has 8 heteroatoms. The lowest BCUT2D eigenvalue weighted by atomic mass is 10.0. The number of carbonyl (C=O) groups excluding carboxylic acids is 1. The van der Waals surface area contributed by atoms with Crippen molar-refractivity contribution in [2.75, 3.05) is 0 Å². The number of ketones is 1. The van der Waals surface area contributed by atoms with Crippen molar-refractivity contribution in [1.82, 2.24) is 0 Å². The van der Waals surface area contributed by atoms with E-state index in [9.17, 15) is 35.5 Å². The van der Waals surface area contributed by atoms with E-state index in [1.165, 1.54) is 0 Å². The molecule has 1 aromatic carbocycles. The van der Waals surface area contributed by atoms with E-state index >= 15 is 0 Å². The second-order valence-corrected chi connectivity index (χ2v) is 2.98. The third-order valence-corrected chi connectivity index (χ3v) is 1.86. The first-order chi connectivity index (χ1) is 7.69. The Morgan fingerprint density at radius 2 is 1.59 bits per heavy atom. The van der Waals surface area contributed by atoms with Crippen LogP contribution in [-0.4, -0.2) is 18.1 Å². The molecule has 94 valence electrons. The van der Waals surface area contributed by atoms with Crippen molar-refractivity contribution in [2.24, 2.45) is 0 Å². The number of carbonyl (C=O) groups is 1. The zero-order valence-corrected chi connectivity index (χ0v) is 7.79. The summed E-state index contributed by atoms with van der Waals surface area (Å²) >= 11 is 0. The van der Waals surface area contributed by atoms with E-state index in [-0.39, 0.29) is 12.1 Å². The molecule has 0 aliphatic carbocycles. The summed E-state index contributed by atoms with van der Waals surface area (Å²) in [6, 6.07) is 0.361. The first kappa shape index (κ1) is 13.5. The highest BCUT2D eigenvalue weighted by Crippen LogP contribution is 2.29. The van der Waals surface area contributed by atoms with Crippen LogP contribution in [0.25, 0.3) is 0 Å². The lowest BCUT2D eigenvalue weighted by molar-refractivity contribution is -0.0960. The normalized spacial score (nSPS) is 12.0. The van der Waals surface area contributed by atoms with E-state index in [1.807, 2.05) is 0 Å². The van der Waals surface area contributed by atoms with Crippen LogP contribution in [0.2, 0.25) is 0 Å². The molecule has 1 aromatic rings. The van der Waals surface area contributed by atoms with E-state index in [0.717, 1.165) is 0 Å². The van der Waals surface area contributed by atoms with Crippen molar-refractivity contribution < 1.29 is 35.5 Å². The topological polar surface area (TPSA) is 17.1 Å². The second-order valence-electron chi connectivity index (χ2n) is 2.98. The summed E-state index contributed by atoms with van der Waals surface area (Å²) in [7, 11) is 0. The van der Waals surface area contributed by atoms with Crippen molar-refractivity contribution in [3.63, 3.8) is 0 Å². The van der Waals surface area contributed by atoms with E-state index in [4.69, 9.17) is 0 Å². The number of hydrogen-bond donors (Lipinski definition) is 0. The Bertz CT molecular complexity index is 455. The average Bonchev–Trinajstić information content (AvgIpc) is 2.25. The van der Waals surface area contributed by atoms with Crippen LogP contribution in [0.5, 0.6) is 0 Å². The summed E-state index contributed by atoms with van der Waals surface area (Å²) in [5, 5.41) is 0. The summed E-state index contributed by atoms with van der Waals surface area (Å²) in [6.45, 7) is 0. The van der Waals surface area contributed by atoms with Gasteiger partial charge in [-0.3, -0.25) is 4.79 Å². The molecule has 0 unspecified atom stereocenters. The largest absolute Gasteiger partial charge is 0.368 e. The lowest BCUT2D eigenvalue weighted by Gasteiger charge is -2.14. The standard InChI is InChI=1S/C9H3F7O/c10-4-2-1-3(5(11)6(4)12)7(17)9(15,16)8(13)14/h1-2,8H. The molecule has 0 heterocycles. The SMILES string of the molecule is O=C(c1ccc(F)c(F)c1F)C(F)(F)C(F)F. The van der Waals surface area contributed by atoms with E-state index in [1.54, 1.807) is 0 Å². The third-order valence-electron chi connectivity index (χ3n) is 1.86. The summed E-state index contributed by atoms with van der Waals surface area (Å²) in [5.74, 6) is -13.9. The Hall–Kier alpha value is -1.60. The van der Waals surface area contributed by atoms with Gasteiger partial charge >= 0.3 is 12.3 Å². The van der Waals surface area contributed by atoms with Gasteiger partial charge < -0.3 is 0 Å². The fraction of sp³-hybridized carbons (Fsp3) is 0.222. The van der Waals surface area contributed by atoms with Gasteiger partial charge in [0, 0.05) is 0 Å². The monoisotopic (exact) mass is 260 g/mol. The van der Waals surface area contributed by atoms with Gasteiger partial charge in [0.05, 0.1) is 5.56 Å². The summed E-state index contributed by atoms with van der Waals surface area (Å²) in [5.41, 5.74) is -1.63. The number of halogens is 7. The molecule has 0 aliphatic rings. The molecule has 0 aromatic heterocycles. The van der Waals surface area contributed by atoms with Crippen LogP contribution in [0, 0.1) is 17.5 Å². The predicted octanol–water partition coefficient (Wildman–Crippen LogP) is 3.19. The Kier molecular flexibility index (Phi) is 3.44. The second kappa shape index (κ2) is 4.34. The van der Waals surface area contributed by atoms with Gasteiger partial charge in [-0.15, -0.1) is 0 Å². The minimum absolute atomic E-state index is 0.173. The number of alkyl halides is 4. The van der Waals surface area contributed by atoms with Crippen LogP contribution >= 0.6 is 0 Å². The molecule has 0 fully saturated rings. The van der Waals surface area contributed by atoms with Crippen LogP contribution < -0.4 is 0 Å². The molecule has 0 atom stereocenters. The van der Waals surface area contributed by atoms with Crippen LogP contribution in [-0.2, 0) is 0 Å². The van der Waals surface area contributed by atoms with Gasteiger partial charge in [-0.05, 0) is 12.1 Å². The molecule has 1 nitrogen and oxygen atoms in total. The number of Topliss-reactive ketones (excluding diaryl/α,β-unsaturated/α-hetero) is 1. The molecule has 0 bridgehead atoms. The van der Waals surface area contributed by atoms with Crippen LogP contribution in [0.15, 0.2) is 12.1 Å². The van der Waals surface area contributed by atoms with E-state index in [2.05, 4.69) is 0 Å². The molecule has 0 saturated carbocycles. The molecule has 0 saturated heterocycles. The Morgan fingerprint density at radius 3 is 2.06 bits per heavy atom. The third kappa shape index (κ3) is 2.25. The quantitative estimate of drug-likeness (QED) is 0.463. The molecule has 0 N–H and O–H groups in total. The average molecular weight is 260 g/mol. The summed E-state index contributed by atoms with van der Waals surface area (Å²) in [6.07, 6.45) is -4.37. The van der Waals surface area contributed by atoms with Crippen LogP contribution in [0.1, 0.15) is 10.4 Å². The van der Waals surface area contributed by atoms with Gasteiger partial charge in [0.15, 0.2) is 17.5 Å². The highest BCUT2D eigenvalue weighted by molar-refractivity contribution is 6.01. The maximum atomic E-state index is 12.9. The predicted molar refractivity (Wildman–Crippen MR) is 41.6 cm³/mol. The Balaban J connectivity index is 3.28. The first-order valence-corrected chi connectivity index (χ1v) is 4.03. The van der Waals surface area contributed by atoms with Gasteiger partial charge in [-0.2, -0.15) is 8.78 Å². The van der Waals surface area contributed by atoms with E-state index < -0.39 is 41.1 Å². The summed E-state index contributed by atoms with van der Waals surface area (Å²) in [4.78, 5) is 10.8. The molecule has 0 aliphatic heterocycles. The lowest BCUT2D eigenvalue weighted by Crippen LogP contribution is -2.37. The van der Waals surface area contributed by atoms with Gasteiger partial charge in [-0.25, -0.2) is 22.0 Å². The number of rotatable bonds is 3. The number of hydrogen-bond acceptors (Lipinski definition) is 1. The van der Waals surface area contributed by atoms with Gasteiger partial charge in [0.1, 0.15) is 0 Å². The molecule has 0 radical (unpaired) electrons. The first-order valence-electron chi connectivity index (χ1n) is 4.03. The maximum Gasteiger partial charge on any atom is 0.368 e. The van der Waals surface area contributed by atoms with Gasteiger partial charge in [-0.1, -0.05) is 0 Å². The number of benzene rings is 1. The van der Waals surface area contributed by atoms with Crippen molar-refractivity contribution in [2.45, 2.75) is 12.3 Å². The molecule has 0 spiro atoms. The maximum absolute atomic E-state index is 12.9. The molecule has 0 amide bonds. The molecular formula is C9H3F7O. The van der Waals surface area contributed by atoms with Gasteiger partial charge in [0.2, 0.25) is 5.78 Å². The molecular weight excluding hydrogens is 257 g/mol. The zero-order chi connectivity index (χ0) is 13.4. The van der Waals surface area contributed by atoms with Gasteiger partial charge in [0.25, 0.3) is 0 Å². The van der Waals surface area contributed by atoms with Crippen LogP contribution in [0.4, 0.5) is 30.7 Å². The van der Waals surface area contributed by atoms with Crippen molar-refractivity contribution in [3.8, 4) is 0 Å². The Morgan fingerprint density at radius 1 is 1.06 bits per heavy atom. The fourth-order valence-electron chi connectivity index (χ4n) is 0.980. The smallest absolute Gasteiger partial charge is 0.287 e.